The summed E-state index contributed by atoms with van der Waals surface area (Å²) in [7, 11) is 0. The Kier molecular flexibility index (Phi) is 5.04. The van der Waals surface area contributed by atoms with Gasteiger partial charge >= 0.3 is 0 Å². The average molecular weight is 345 g/mol. The lowest BCUT2D eigenvalue weighted by Crippen LogP contribution is -2.32. The van der Waals surface area contributed by atoms with Crippen molar-refractivity contribution in [1.82, 2.24) is 10.3 Å². The number of aromatic nitrogens is 1. The molecular formula is C18H21BrN2. The summed E-state index contributed by atoms with van der Waals surface area (Å²) in [6.45, 7) is 0.869. The second kappa shape index (κ2) is 7.19. The van der Waals surface area contributed by atoms with Crippen LogP contribution in [-0.4, -0.2) is 11.0 Å². The molecule has 1 N–H and O–H groups in total. The number of halogens is 1. The van der Waals surface area contributed by atoms with Crippen LogP contribution in [0.25, 0.3) is 0 Å². The van der Waals surface area contributed by atoms with Crippen LogP contribution in [0.4, 0.5) is 0 Å². The van der Waals surface area contributed by atoms with E-state index in [1.807, 2.05) is 6.20 Å². The van der Waals surface area contributed by atoms with Crippen LogP contribution in [-0.2, 0) is 6.54 Å². The minimum atomic E-state index is 0.635. The molecule has 0 unspecified atom stereocenters. The Morgan fingerprint density at radius 2 is 1.76 bits per heavy atom. The molecule has 1 aliphatic rings. The molecule has 1 heterocycles. The highest BCUT2D eigenvalue weighted by molar-refractivity contribution is 9.10. The fourth-order valence-electron chi connectivity index (χ4n) is 3.12. The fourth-order valence-corrected chi connectivity index (χ4v) is 3.35. The van der Waals surface area contributed by atoms with E-state index in [0.29, 0.717) is 6.04 Å². The van der Waals surface area contributed by atoms with Crippen molar-refractivity contribution in [3.63, 3.8) is 0 Å². The number of rotatable bonds is 4. The summed E-state index contributed by atoms with van der Waals surface area (Å²) in [5.41, 5.74) is 2.62. The zero-order chi connectivity index (χ0) is 14.5. The van der Waals surface area contributed by atoms with Crippen LogP contribution in [0.5, 0.6) is 0 Å². The van der Waals surface area contributed by atoms with Gasteiger partial charge in [0, 0.05) is 23.3 Å². The Morgan fingerprint density at radius 3 is 2.43 bits per heavy atom. The van der Waals surface area contributed by atoms with Gasteiger partial charge in [0.2, 0.25) is 0 Å². The van der Waals surface area contributed by atoms with Gasteiger partial charge in [0.1, 0.15) is 0 Å². The number of nitrogens with zero attached hydrogens (tertiary/aromatic N) is 1. The van der Waals surface area contributed by atoms with Crippen LogP contribution < -0.4 is 5.32 Å². The SMILES string of the molecule is Brc1ccc(CNC2CCC(c3ccccc3)CC2)nc1. The molecule has 1 aromatic heterocycles. The fraction of sp³-hybridized carbons (Fsp3) is 0.389. The molecule has 0 aliphatic heterocycles. The summed E-state index contributed by atoms with van der Waals surface area (Å²) in [6.07, 6.45) is 6.96. The maximum absolute atomic E-state index is 4.42. The van der Waals surface area contributed by atoms with E-state index < -0.39 is 0 Å². The smallest absolute Gasteiger partial charge is 0.0542 e. The highest BCUT2D eigenvalue weighted by atomic mass is 79.9. The molecule has 1 aromatic carbocycles. The van der Waals surface area contributed by atoms with Gasteiger partial charge in [-0.2, -0.15) is 0 Å². The number of benzene rings is 1. The first-order valence-corrected chi connectivity index (χ1v) is 8.49. The van der Waals surface area contributed by atoms with Crippen molar-refractivity contribution in [2.45, 2.75) is 44.2 Å². The molecule has 0 saturated heterocycles. The minimum absolute atomic E-state index is 0.635. The summed E-state index contributed by atoms with van der Waals surface area (Å²) in [5.74, 6) is 0.745. The lowest BCUT2D eigenvalue weighted by atomic mass is 9.82. The quantitative estimate of drug-likeness (QED) is 0.872. The predicted octanol–water partition coefficient (Wildman–Crippen LogP) is 4.66. The molecule has 2 aromatic rings. The van der Waals surface area contributed by atoms with Gasteiger partial charge in [-0.25, -0.2) is 0 Å². The van der Waals surface area contributed by atoms with Gasteiger partial charge in [0.05, 0.1) is 5.69 Å². The van der Waals surface area contributed by atoms with E-state index >= 15 is 0 Å². The van der Waals surface area contributed by atoms with E-state index in [0.717, 1.165) is 22.6 Å². The van der Waals surface area contributed by atoms with E-state index in [-0.39, 0.29) is 0 Å². The lowest BCUT2D eigenvalue weighted by Gasteiger charge is -2.29. The van der Waals surface area contributed by atoms with Crippen LogP contribution in [0, 0.1) is 0 Å². The zero-order valence-electron chi connectivity index (χ0n) is 12.1. The molecule has 1 aliphatic carbocycles. The summed E-state index contributed by atoms with van der Waals surface area (Å²) in [5, 5.41) is 3.65. The van der Waals surface area contributed by atoms with Crippen molar-refractivity contribution in [2.24, 2.45) is 0 Å². The average Bonchev–Trinajstić information content (AvgIpc) is 2.56. The summed E-state index contributed by atoms with van der Waals surface area (Å²) in [4.78, 5) is 4.42. The van der Waals surface area contributed by atoms with Crippen molar-refractivity contribution in [3.8, 4) is 0 Å². The third kappa shape index (κ3) is 4.14. The first-order chi connectivity index (χ1) is 10.3. The van der Waals surface area contributed by atoms with E-state index in [1.165, 1.54) is 31.2 Å². The molecular weight excluding hydrogens is 324 g/mol. The monoisotopic (exact) mass is 344 g/mol. The van der Waals surface area contributed by atoms with Crippen molar-refractivity contribution in [2.75, 3.05) is 0 Å². The Balaban J connectivity index is 1.47. The lowest BCUT2D eigenvalue weighted by molar-refractivity contribution is 0.340. The predicted molar refractivity (Wildman–Crippen MR) is 90.2 cm³/mol. The van der Waals surface area contributed by atoms with Crippen LogP contribution in [0.15, 0.2) is 53.1 Å². The van der Waals surface area contributed by atoms with Crippen molar-refractivity contribution < 1.29 is 0 Å². The largest absolute Gasteiger partial charge is 0.308 e. The van der Waals surface area contributed by atoms with Gasteiger partial charge in [-0.1, -0.05) is 30.3 Å². The second-order valence-electron chi connectivity index (χ2n) is 5.81. The zero-order valence-corrected chi connectivity index (χ0v) is 13.7. The summed E-state index contributed by atoms with van der Waals surface area (Å²) in [6, 6.07) is 15.7. The number of hydrogen-bond donors (Lipinski definition) is 1. The molecule has 21 heavy (non-hydrogen) atoms. The normalized spacial score (nSPS) is 22.1. The molecule has 0 spiro atoms. The first-order valence-electron chi connectivity index (χ1n) is 7.70. The summed E-state index contributed by atoms with van der Waals surface area (Å²) >= 11 is 3.42. The van der Waals surface area contributed by atoms with E-state index in [4.69, 9.17) is 0 Å². The third-order valence-corrected chi connectivity index (χ3v) is 4.83. The van der Waals surface area contributed by atoms with E-state index in [9.17, 15) is 0 Å². The Morgan fingerprint density at radius 1 is 1.00 bits per heavy atom. The second-order valence-corrected chi connectivity index (χ2v) is 6.72. The van der Waals surface area contributed by atoms with Gasteiger partial charge in [-0.3, -0.25) is 4.98 Å². The molecule has 110 valence electrons. The number of pyridine rings is 1. The highest BCUT2D eigenvalue weighted by Crippen LogP contribution is 2.32. The van der Waals surface area contributed by atoms with Gasteiger partial charge in [-0.15, -0.1) is 0 Å². The summed E-state index contributed by atoms with van der Waals surface area (Å²) < 4.78 is 1.04. The van der Waals surface area contributed by atoms with Crippen LogP contribution >= 0.6 is 15.9 Å². The number of nitrogens with one attached hydrogen (secondary N) is 1. The molecule has 0 bridgehead atoms. The van der Waals surface area contributed by atoms with Gasteiger partial charge in [0.15, 0.2) is 0 Å². The Hall–Kier alpha value is -1.19. The van der Waals surface area contributed by atoms with Gasteiger partial charge in [-0.05, 0) is 65.2 Å². The van der Waals surface area contributed by atoms with Crippen LogP contribution in [0.3, 0.4) is 0 Å². The molecule has 2 nitrogen and oxygen atoms in total. The Bertz CT molecular complexity index is 545. The van der Waals surface area contributed by atoms with E-state index in [1.54, 1.807) is 0 Å². The molecule has 0 atom stereocenters. The van der Waals surface area contributed by atoms with Crippen molar-refractivity contribution in [3.05, 3.63) is 64.4 Å². The maximum Gasteiger partial charge on any atom is 0.0542 e. The van der Waals surface area contributed by atoms with Gasteiger partial charge < -0.3 is 5.32 Å². The maximum atomic E-state index is 4.42. The molecule has 1 saturated carbocycles. The third-order valence-electron chi connectivity index (χ3n) is 4.36. The molecule has 0 amide bonds. The van der Waals surface area contributed by atoms with Crippen molar-refractivity contribution in [1.29, 1.82) is 0 Å². The standard InChI is InChI=1S/C18H21BrN2/c19-16-8-11-18(20-12-16)13-21-17-9-6-15(7-10-17)14-4-2-1-3-5-14/h1-5,8,11-12,15,17,21H,6-7,9-10,13H2. The molecule has 0 radical (unpaired) electrons. The topological polar surface area (TPSA) is 24.9 Å². The van der Waals surface area contributed by atoms with Crippen LogP contribution in [0.1, 0.15) is 42.9 Å². The first kappa shape index (κ1) is 14.7. The molecule has 3 rings (SSSR count). The van der Waals surface area contributed by atoms with Gasteiger partial charge in [0.25, 0.3) is 0 Å². The van der Waals surface area contributed by atoms with Crippen molar-refractivity contribution >= 4 is 15.9 Å². The van der Waals surface area contributed by atoms with Crippen LogP contribution in [0.2, 0.25) is 0 Å². The molecule has 1 fully saturated rings. The minimum Gasteiger partial charge on any atom is -0.308 e. The molecule has 3 heteroatoms. The Labute approximate surface area is 135 Å². The number of hydrogen-bond acceptors (Lipinski definition) is 2. The van der Waals surface area contributed by atoms with E-state index in [2.05, 4.69) is 68.7 Å². The highest BCUT2D eigenvalue weighted by Gasteiger charge is 2.21.